The molecule has 34 heavy (non-hydrogen) atoms. The average molecular weight is 460 g/mol. The number of ether oxygens (including phenoxy) is 1. The molecule has 2 N–H and O–H groups in total. The van der Waals surface area contributed by atoms with Crippen LogP contribution in [0.1, 0.15) is 28.4 Å². The number of nitrogens with one attached hydrogen (secondary N) is 2. The maximum Gasteiger partial charge on any atom is 0.350 e. The number of nitro benzene ring substituents is 1. The van der Waals surface area contributed by atoms with Gasteiger partial charge in [-0.2, -0.15) is 5.10 Å². The van der Waals surface area contributed by atoms with E-state index in [0.29, 0.717) is 5.56 Å². The Kier molecular flexibility index (Phi) is 7.79. The van der Waals surface area contributed by atoms with Crippen molar-refractivity contribution in [2.24, 2.45) is 5.10 Å². The van der Waals surface area contributed by atoms with Crippen LogP contribution in [0.5, 0.6) is 5.75 Å². The fraction of sp³-hybridized carbons (Fsp3) is 0.0833. The second-order valence-electron chi connectivity index (χ2n) is 6.97. The highest BCUT2D eigenvalue weighted by atomic mass is 16.6. The molecule has 2 amide bonds. The number of hydrogen-bond donors (Lipinski definition) is 2. The van der Waals surface area contributed by atoms with Gasteiger partial charge in [-0.25, -0.2) is 10.2 Å². The van der Waals surface area contributed by atoms with Crippen LogP contribution in [0.3, 0.4) is 0 Å². The van der Waals surface area contributed by atoms with Crippen molar-refractivity contribution in [3.05, 3.63) is 106 Å². The highest BCUT2D eigenvalue weighted by Gasteiger charge is 2.22. The molecule has 0 aliphatic carbocycles. The molecule has 3 aromatic rings. The van der Waals surface area contributed by atoms with Crippen molar-refractivity contribution in [1.29, 1.82) is 0 Å². The first kappa shape index (κ1) is 23.8. The lowest BCUT2D eigenvalue weighted by Gasteiger charge is -2.10. The summed E-state index contributed by atoms with van der Waals surface area (Å²) in [5.41, 5.74) is 2.99. The molecule has 10 heteroatoms. The third kappa shape index (κ3) is 6.10. The second kappa shape index (κ2) is 11.1. The lowest BCUT2D eigenvalue weighted by atomic mass is 10.1. The summed E-state index contributed by atoms with van der Waals surface area (Å²) in [4.78, 5) is 47.2. The zero-order valence-corrected chi connectivity index (χ0v) is 18.1. The van der Waals surface area contributed by atoms with Crippen LogP contribution in [-0.4, -0.2) is 28.4 Å². The maximum absolute atomic E-state index is 12.6. The van der Waals surface area contributed by atoms with Gasteiger partial charge in [0.15, 0.2) is 0 Å². The molecular formula is C24H20N4O6. The van der Waals surface area contributed by atoms with E-state index in [2.05, 4.69) is 15.8 Å². The van der Waals surface area contributed by atoms with Gasteiger partial charge in [-0.15, -0.1) is 0 Å². The first-order chi connectivity index (χ1) is 16.4. The molecule has 0 aliphatic rings. The molecule has 0 aromatic heterocycles. The molecule has 0 bridgehead atoms. The Morgan fingerprint density at radius 2 is 1.50 bits per heavy atom. The van der Waals surface area contributed by atoms with Crippen molar-refractivity contribution in [2.45, 2.75) is 13.5 Å². The molecule has 0 unspecified atom stereocenters. The van der Waals surface area contributed by atoms with Gasteiger partial charge in [0.25, 0.3) is 5.69 Å². The SMILES string of the molecule is CC(=NNC(=O)C(=O)NCc1ccccc1)c1ccccc1OC(=O)c1ccccc1[N+](=O)[O-]. The van der Waals surface area contributed by atoms with Crippen LogP contribution >= 0.6 is 0 Å². The van der Waals surface area contributed by atoms with E-state index in [4.69, 9.17) is 4.74 Å². The standard InChI is InChI=1S/C24H20N4O6/c1-16(26-27-23(30)22(29)25-15-17-9-3-2-4-10-17)18-11-6-8-14-21(18)34-24(31)19-12-5-7-13-20(19)28(32)33/h2-14H,15H2,1H3,(H,25,29)(H,27,30). The number of nitrogens with zero attached hydrogens (tertiary/aromatic N) is 2. The number of amides is 2. The number of para-hydroxylation sites is 2. The summed E-state index contributed by atoms with van der Waals surface area (Å²) in [5, 5.41) is 17.6. The van der Waals surface area contributed by atoms with Gasteiger partial charge in [-0.1, -0.05) is 54.6 Å². The van der Waals surface area contributed by atoms with Gasteiger partial charge in [0.05, 0.1) is 10.6 Å². The lowest BCUT2D eigenvalue weighted by molar-refractivity contribution is -0.385. The van der Waals surface area contributed by atoms with Gasteiger partial charge >= 0.3 is 17.8 Å². The summed E-state index contributed by atoms with van der Waals surface area (Å²) in [7, 11) is 0. The summed E-state index contributed by atoms with van der Waals surface area (Å²) in [6.45, 7) is 1.72. The van der Waals surface area contributed by atoms with Crippen LogP contribution in [0.4, 0.5) is 5.69 Å². The third-order valence-electron chi connectivity index (χ3n) is 4.63. The zero-order valence-electron chi connectivity index (χ0n) is 18.1. The number of hydrazone groups is 1. The third-order valence-corrected chi connectivity index (χ3v) is 4.63. The van der Waals surface area contributed by atoms with E-state index in [9.17, 15) is 24.5 Å². The van der Waals surface area contributed by atoms with E-state index in [0.717, 1.165) is 5.56 Å². The van der Waals surface area contributed by atoms with Crippen LogP contribution < -0.4 is 15.5 Å². The topological polar surface area (TPSA) is 140 Å². The average Bonchev–Trinajstić information content (AvgIpc) is 2.86. The van der Waals surface area contributed by atoms with Gasteiger partial charge < -0.3 is 10.1 Å². The van der Waals surface area contributed by atoms with Crippen molar-refractivity contribution in [2.75, 3.05) is 0 Å². The molecule has 172 valence electrons. The predicted octanol–water partition coefficient (Wildman–Crippen LogP) is 2.97. The smallest absolute Gasteiger partial charge is 0.350 e. The van der Waals surface area contributed by atoms with E-state index in [1.54, 1.807) is 25.1 Å². The van der Waals surface area contributed by atoms with Gasteiger partial charge in [-0.05, 0) is 30.7 Å². The molecule has 0 spiro atoms. The van der Waals surface area contributed by atoms with Crippen LogP contribution in [0, 0.1) is 10.1 Å². The number of benzene rings is 3. The number of esters is 1. The van der Waals surface area contributed by atoms with Crippen LogP contribution in [0.15, 0.2) is 84.0 Å². The highest BCUT2D eigenvalue weighted by molar-refractivity contribution is 6.35. The predicted molar refractivity (Wildman–Crippen MR) is 123 cm³/mol. The van der Waals surface area contributed by atoms with E-state index in [-0.39, 0.29) is 29.3 Å². The Balaban J connectivity index is 1.68. The largest absolute Gasteiger partial charge is 0.422 e. The van der Waals surface area contributed by atoms with E-state index in [1.807, 2.05) is 30.3 Å². The molecule has 3 rings (SSSR count). The van der Waals surface area contributed by atoms with E-state index >= 15 is 0 Å². The molecule has 0 fully saturated rings. The summed E-state index contributed by atoms with van der Waals surface area (Å²) < 4.78 is 5.37. The summed E-state index contributed by atoms with van der Waals surface area (Å²) in [6.07, 6.45) is 0. The van der Waals surface area contributed by atoms with Crippen molar-refractivity contribution in [3.63, 3.8) is 0 Å². The normalized spacial score (nSPS) is 10.8. The molecule has 0 aliphatic heterocycles. The first-order valence-electron chi connectivity index (χ1n) is 10.1. The van der Waals surface area contributed by atoms with Crippen LogP contribution in [0.2, 0.25) is 0 Å². The van der Waals surface area contributed by atoms with Crippen LogP contribution in [-0.2, 0) is 16.1 Å². The summed E-state index contributed by atoms with van der Waals surface area (Å²) >= 11 is 0. The molecule has 0 atom stereocenters. The monoisotopic (exact) mass is 460 g/mol. The fourth-order valence-electron chi connectivity index (χ4n) is 2.92. The number of rotatable bonds is 7. The zero-order chi connectivity index (χ0) is 24.5. The van der Waals surface area contributed by atoms with E-state index < -0.39 is 22.7 Å². The van der Waals surface area contributed by atoms with Crippen LogP contribution in [0.25, 0.3) is 0 Å². The molecular weight excluding hydrogens is 440 g/mol. The lowest BCUT2D eigenvalue weighted by Crippen LogP contribution is -2.37. The van der Waals surface area contributed by atoms with Gasteiger partial charge in [0.2, 0.25) is 0 Å². The van der Waals surface area contributed by atoms with Gasteiger partial charge in [0, 0.05) is 18.2 Å². The fourth-order valence-corrected chi connectivity index (χ4v) is 2.92. The first-order valence-corrected chi connectivity index (χ1v) is 10.1. The number of nitro groups is 1. The Morgan fingerprint density at radius 1 is 0.882 bits per heavy atom. The summed E-state index contributed by atoms with van der Waals surface area (Å²) in [5.74, 6) is -2.67. The van der Waals surface area contributed by atoms with Crippen molar-refractivity contribution >= 4 is 29.2 Å². The quantitative estimate of drug-likeness (QED) is 0.139. The molecule has 0 heterocycles. The number of carbonyl (C=O) groups excluding carboxylic acids is 3. The van der Waals surface area contributed by atoms with Crippen molar-refractivity contribution < 1.29 is 24.0 Å². The Hall–Kier alpha value is -4.86. The molecule has 0 saturated heterocycles. The second-order valence-corrected chi connectivity index (χ2v) is 6.97. The number of carbonyl (C=O) groups is 3. The molecule has 0 saturated carbocycles. The minimum atomic E-state index is -0.968. The van der Waals surface area contributed by atoms with Gasteiger partial charge in [0.1, 0.15) is 11.3 Å². The summed E-state index contributed by atoms with van der Waals surface area (Å²) in [6, 6.07) is 20.8. The van der Waals surface area contributed by atoms with E-state index in [1.165, 1.54) is 30.3 Å². The highest BCUT2D eigenvalue weighted by Crippen LogP contribution is 2.23. The molecule has 10 nitrogen and oxygen atoms in total. The Labute approximate surface area is 194 Å². The van der Waals surface area contributed by atoms with Crippen molar-refractivity contribution in [3.8, 4) is 5.75 Å². The maximum atomic E-state index is 12.6. The Bertz CT molecular complexity index is 1260. The van der Waals surface area contributed by atoms with Crippen molar-refractivity contribution in [1.82, 2.24) is 10.7 Å². The van der Waals surface area contributed by atoms with Gasteiger partial charge in [-0.3, -0.25) is 19.7 Å². The Morgan fingerprint density at radius 3 is 2.21 bits per heavy atom. The molecule has 3 aromatic carbocycles. The number of hydrogen-bond acceptors (Lipinski definition) is 7. The minimum Gasteiger partial charge on any atom is -0.422 e. The minimum absolute atomic E-state index is 0.0784. The molecule has 0 radical (unpaired) electrons.